The quantitative estimate of drug-likeness (QED) is 0.533. The van der Waals surface area contributed by atoms with Crippen molar-refractivity contribution < 1.29 is 14.2 Å². The van der Waals surface area contributed by atoms with E-state index in [4.69, 9.17) is 14.2 Å². The SMILES string of the molecule is C(=C/C1OC1CCCCOC1CCCCO1)/c1ccccc1. The molecule has 2 aliphatic rings. The molecule has 3 heteroatoms. The fourth-order valence-electron chi connectivity index (χ4n) is 2.83. The van der Waals surface area contributed by atoms with Crippen LogP contribution in [-0.4, -0.2) is 31.7 Å². The molecule has 3 nitrogen and oxygen atoms in total. The highest BCUT2D eigenvalue weighted by molar-refractivity contribution is 5.49. The van der Waals surface area contributed by atoms with Crippen molar-refractivity contribution in [2.24, 2.45) is 0 Å². The minimum absolute atomic E-state index is 0.0486. The summed E-state index contributed by atoms with van der Waals surface area (Å²) in [6.45, 7) is 1.66. The first kappa shape index (κ1) is 15.7. The fourth-order valence-corrected chi connectivity index (χ4v) is 2.83. The summed E-state index contributed by atoms with van der Waals surface area (Å²) in [5, 5.41) is 0. The fraction of sp³-hybridized carbons (Fsp3) is 0.579. The summed E-state index contributed by atoms with van der Waals surface area (Å²) >= 11 is 0. The van der Waals surface area contributed by atoms with Crippen LogP contribution in [0.1, 0.15) is 44.1 Å². The third-order valence-electron chi connectivity index (χ3n) is 4.22. The normalized spacial score (nSPS) is 28.1. The molecule has 2 heterocycles. The number of hydrogen-bond acceptors (Lipinski definition) is 3. The van der Waals surface area contributed by atoms with Gasteiger partial charge in [0.05, 0.1) is 6.10 Å². The zero-order chi connectivity index (χ0) is 15.0. The molecule has 2 saturated heterocycles. The van der Waals surface area contributed by atoms with Crippen molar-refractivity contribution in [1.29, 1.82) is 0 Å². The molecule has 0 aromatic heterocycles. The van der Waals surface area contributed by atoms with Gasteiger partial charge in [0, 0.05) is 13.2 Å². The van der Waals surface area contributed by atoms with E-state index in [2.05, 4.69) is 36.4 Å². The Morgan fingerprint density at radius 2 is 2.05 bits per heavy atom. The Balaban J connectivity index is 1.23. The molecule has 2 aliphatic heterocycles. The van der Waals surface area contributed by atoms with Gasteiger partial charge in [-0.3, -0.25) is 0 Å². The van der Waals surface area contributed by atoms with Crippen molar-refractivity contribution in [2.45, 2.75) is 57.0 Å². The largest absolute Gasteiger partial charge is 0.365 e. The van der Waals surface area contributed by atoms with Crippen molar-refractivity contribution in [3.8, 4) is 0 Å². The third-order valence-corrected chi connectivity index (χ3v) is 4.22. The molecule has 3 unspecified atom stereocenters. The Bertz CT molecular complexity index is 451. The molecular weight excluding hydrogens is 276 g/mol. The summed E-state index contributed by atoms with van der Waals surface area (Å²) < 4.78 is 17.0. The summed E-state index contributed by atoms with van der Waals surface area (Å²) in [6.07, 6.45) is 11.9. The summed E-state index contributed by atoms with van der Waals surface area (Å²) in [4.78, 5) is 0. The van der Waals surface area contributed by atoms with Crippen LogP contribution < -0.4 is 0 Å². The standard InChI is InChI=1S/C19H26O3/c1-2-8-16(9-3-1)12-13-18-17(22-18)10-4-6-14-20-19-11-5-7-15-21-19/h1-3,8-9,12-13,17-19H,4-7,10-11,14-15H2/b13-12-. The van der Waals surface area contributed by atoms with Gasteiger partial charge in [0.1, 0.15) is 6.10 Å². The van der Waals surface area contributed by atoms with Gasteiger partial charge in [-0.1, -0.05) is 42.5 Å². The molecule has 0 saturated carbocycles. The first-order valence-corrected chi connectivity index (χ1v) is 8.54. The lowest BCUT2D eigenvalue weighted by Gasteiger charge is -2.22. The summed E-state index contributed by atoms with van der Waals surface area (Å²) in [6, 6.07) is 10.4. The number of unbranched alkanes of at least 4 members (excludes halogenated alkanes) is 1. The lowest BCUT2D eigenvalue weighted by Crippen LogP contribution is -2.22. The molecule has 0 N–H and O–H groups in total. The van der Waals surface area contributed by atoms with E-state index in [1.807, 2.05) is 6.07 Å². The van der Waals surface area contributed by atoms with Gasteiger partial charge in [-0.05, 0) is 44.1 Å². The number of benzene rings is 1. The Morgan fingerprint density at radius 1 is 1.14 bits per heavy atom. The maximum atomic E-state index is 5.74. The molecule has 0 spiro atoms. The van der Waals surface area contributed by atoms with E-state index < -0.39 is 0 Å². The van der Waals surface area contributed by atoms with Crippen LogP contribution in [0.15, 0.2) is 36.4 Å². The Labute approximate surface area is 133 Å². The van der Waals surface area contributed by atoms with Gasteiger partial charge in [0.2, 0.25) is 0 Å². The van der Waals surface area contributed by atoms with Crippen LogP contribution in [0.2, 0.25) is 0 Å². The molecule has 0 amide bonds. The number of ether oxygens (including phenoxy) is 3. The van der Waals surface area contributed by atoms with Gasteiger partial charge in [-0.2, -0.15) is 0 Å². The van der Waals surface area contributed by atoms with Crippen molar-refractivity contribution in [1.82, 2.24) is 0 Å². The van der Waals surface area contributed by atoms with E-state index in [-0.39, 0.29) is 6.29 Å². The molecule has 1 aromatic rings. The topological polar surface area (TPSA) is 31.0 Å². The second kappa shape index (κ2) is 8.47. The highest BCUT2D eigenvalue weighted by Gasteiger charge is 2.35. The Kier molecular flexibility index (Phi) is 6.05. The first-order chi connectivity index (χ1) is 10.9. The average Bonchev–Trinajstić information content (AvgIpc) is 3.33. The van der Waals surface area contributed by atoms with E-state index >= 15 is 0 Å². The van der Waals surface area contributed by atoms with Crippen LogP contribution in [0, 0.1) is 0 Å². The van der Waals surface area contributed by atoms with E-state index in [1.165, 1.54) is 18.4 Å². The van der Waals surface area contributed by atoms with Crippen molar-refractivity contribution in [2.75, 3.05) is 13.2 Å². The molecule has 0 radical (unpaired) electrons. The second-order valence-electron chi connectivity index (χ2n) is 6.07. The lowest BCUT2D eigenvalue weighted by molar-refractivity contribution is -0.162. The Morgan fingerprint density at radius 3 is 2.86 bits per heavy atom. The smallest absolute Gasteiger partial charge is 0.157 e. The molecule has 120 valence electrons. The maximum absolute atomic E-state index is 5.74. The van der Waals surface area contributed by atoms with Gasteiger partial charge in [0.15, 0.2) is 6.29 Å². The number of epoxide rings is 1. The van der Waals surface area contributed by atoms with Crippen molar-refractivity contribution in [3.05, 3.63) is 42.0 Å². The van der Waals surface area contributed by atoms with Crippen molar-refractivity contribution >= 4 is 6.08 Å². The van der Waals surface area contributed by atoms with Gasteiger partial charge in [-0.15, -0.1) is 0 Å². The molecule has 0 bridgehead atoms. The minimum Gasteiger partial charge on any atom is -0.365 e. The molecule has 0 aliphatic carbocycles. The monoisotopic (exact) mass is 302 g/mol. The molecule has 22 heavy (non-hydrogen) atoms. The zero-order valence-corrected chi connectivity index (χ0v) is 13.2. The van der Waals surface area contributed by atoms with Crippen LogP contribution in [0.25, 0.3) is 6.08 Å². The second-order valence-corrected chi connectivity index (χ2v) is 6.07. The van der Waals surface area contributed by atoms with Crippen LogP contribution in [0.3, 0.4) is 0 Å². The summed E-state index contributed by atoms with van der Waals surface area (Å²) in [5.74, 6) is 0. The van der Waals surface area contributed by atoms with Gasteiger partial charge < -0.3 is 14.2 Å². The molecular formula is C19H26O3. The van der Waals surface area contributed by atoms with E-state index in [0.717, 1.165) is 38.9 Å². The maximum Gasteiger partial charge on any atom is 0.157 e. The van der Waals surface area contributed by atoms with Gasteiger partial charge >= 0.3 is 0 Å². The van der Waals surface area contributed by atoms with Crippen LogP contribution in [-0.2, 0) is 14.2 Å². The first-order valence-electron chi connectivity index (χ1n) is 8.54. The number of rotatable bonds is 8. The van der Waals surface area contributed by atoms with E-state index in [9.17, 15) is 0 Å². The van der Waals surface area contributed by atoms with E-state index in [1.54, 1.807) is 0 Å². The number of hydrogen-bond donors (Lipinski definition) is 0. The minimum atomic E-state index is 0.0486. The van der Waals surface area contributed by atoms with Crippen LogP contribution in [0.4, 0.5) is 0 Å². The van der Waals surface area contributed by atoms with Crippen molar-refractivity contribution in [3.63, 3.8) is 0 Å². The molecule has 3 rings (SSSR count). The highest BCUT2D eigenvalue weighted by atomic mass is 16.7. The van der Waals surface area contributed by atoms with Crippen LogP contribution in [0.5, 0.6) is 0 Å². The Hall–Kier alpha value is -1.16. The molecule has 3 atom stereocenters. The molecule has 2 fully saturated rings. The zero-order valence-electron chi connectivity index (χ0n) is 13.2. The lowest BCUT2D eigenvalue weighted by atomic mass is 10.1. The third kappa shape index (κ3) is 5.24. The van der Waals surface area contributed by atoms with E-state index in [0.29, 0.717) is 12.2 Å². The predicted molar refractivity (Wildman–Crippen MR) is 87.5 cm³/mol. The summed E-state index contributed by atoms with van der Waals surface area (Å²) in [5.41, 5.74) is 1.23. The summed E-state index contributed by atoms with van der Waals surface area (Å²) in [7, 11) is 0. The predicted octanol–water partition coefficient (Wildman–Crippen LogP) is 4.18. The van der Waals surface area contributed by atoms with Gasteiger partial charge in [0.25, 0.3) is 0 Å². The average molecular weight is 302 g/mol. The highest BCUT2D eigenvalue weighted by Crippen LogP contribution is 2.29. The van der Waals surface area contributed by atoms with Crippen LogP contribution >= 0.6 is 0 Å². The molecule has 1 aromatic carbocycles. The van der Waals surface area contributed by atoms with Gasteiger partial charge in [-0.25, -0.2) is 0 Å².